The number of hydrogen-bond acceptors (Lipinski definition) is 6. The Hall–Kier alpha value is -5.05. The summed E-state index contributed by atoms with van der Waals surface area (Å²) in [5.74, 6) is -0.261. The van der Waals surface area contributed by atoms with Crippen LogP contribution in [0.5, 0.6) is 0 Å². The number of carbonyl (C=O) groups excluding carboxylic acids is 3. The van der Waals surface area contributed by atoms with Crippen LogP contribution in [0.2, 0.25) is 0 Å². The maximum Gasteiger partial charge on any atom is 0.337 e. The van der Waals surface area contributed by atoms with Gasteiger partial charge in [-0.15, -0.1) is 0 Å². The largest absolute Gasteiger partial charge is 0.465 e. The van der Waals surface area contributed by atoms with Crippen LogP contribution in [0.3, 0.4) is 0 Å². The van der Waals surface area contributed by atoms with Crippen LogP contribution in [0.15, 0.2) is 84.9 Å². The lowest BCUT2D eigenvalue weighted by Gasteiger charge is -2.10. The van der Waals surface area contributed by atoms with E-state index >= 15 is 0 Å². The van der Waals surface area contributed by atoms with Crippen molar-refractivity contribution < 1.29 is 19.1 Å². The third kappa shape index (κ3) is 7.22. The number of anilines is 1. The van der Waals surface area contributed by atoms with Crippen LogP contribution in [-0.2, 0) is 27.3 Å². The third-order valence-electron chi connectivity index (χ3n) is 5.29. The van der Waals surface area contributed by atoms with Crippen molar-refractivity contribution in [2.75, 3.05) is 12.4 Å². The number of hydrogen-bond donors (Lipinski definition) is 3. The molecule has 9 heteroatoms. The number of methoxy groups -OCH3 is 1. The van der Waals surface area contributed by atoms with Crippen LogP contribution in [0.1, 0.15) is 27.3 Å². The van der Waals surface area contributed by atoms with Gasteiger partial charge in [0.25, 0.3) is 0 Å². The third-order valence-corrected chi connectivity index (χ3v) is 5.29. The minimum atomic E-state index is -0.557. The van der Waals surface area contributed by atoms with Gasteiger partial charge in [-0.05, 0) is 35.4 Å². The van der Waals surface area contributed by atoms with Gasteiger partial charge in [0.05, 0.1) is 19.1 Å². The van der Waals surface area contributed by atoms with Gasteiger partial charge in [0.15, 0.2) is 5.82 Å². The van der Waals surface area contributed by atoms with Crippen LogP contribution in [0.25, 0.3) is 17.5 Å². The fourth-order valence-electron chi connectivity index (χ4n) is 3.53. The molecule has 2 amide bonds. The average molecular weight is 496 g/mol. The van der Waals surface area contributed by atoms with Crippen molar-refractivity contribution in [3.63, 3.8) is 0 Å². The normalized spacial score (nSPS) is 10.7. The molecule has 3 N–H and O–H groups in total. The van der Waals surface area contributed by atoms with Crippen LogP contribution in [0.4, 0.5) is 5.69 Å². The fourth-order valence-corrected chi connectivity index (χ4v) is 3.53. The first-order valence-corrected chi connectivity index (χ1v) is 11.5. The smallest absolute Gasteiger partial charge is 0.337 e. The summed E-state index contributed by atoms with van der Waals surface area (Å²) in [5, 5.41) is 12.5. The number of aromatic amines is 1. The molecule has 3 aromatic carbocycles. The maximum atomic E-state index is 12.5. The van der Waals surface area contributed by atoms with E-state index < -0.39 is 5.97 Å². The van der Waals surface area contributed by atoms with Gasteiger partial charge in [-0.2, -0.15) is 5.10 Å². The maximum absolute atomic E-state index is 12.5. The van der Waals surface area contributed by atoms with Gasteiger partial charge in [-0.1, -0.05) is 60.7 Å². The highest BCUT2D eigenvalue weighted by atomic mass is 16.5. The number of carbonyl (C=O) groups is 3. The molecule has 0 fully saturated rings. The fraction of sp³-hybridized carbons (Fsp3) is 0.107. The quantitative estimate of drug-likeness (QED) is 0.240. The summed E-state index contributed by atoms with van der Waals surface area (Å²) in [7, 11) is 1.28. The van der Waals surface area contributed by atoms with Gasteiger partial charge in [0.1, 0.15) is 5.82 Å². The van der Waals surface area contributed by atoms with E-state index in [1.54, 1.807) is 18.2 Å². The van der Waals surface area contributed by atoms with Gasteiger partial charge in [-0.25, -0.2) is 9.78 Å². The second-order valence-corrected chi connectivity index (χ2v) is 8.07. The van der Waals surface area contributed by atoms with Crippen LogP contribution in [0, 0.1) is 0 Å². The zero-order valence-electron chi connectivity index (χ0n) is 20.1. The van der Waals surface area contributed by atoms with Crippen molar-refractivity contribution in [2.45, 2.75) is 13.0 Å². The van der Waals surface area contributed by atoms with Crippen molar-refractivity contribution in [1.82, 2.24) is 20.5 Å². The minimum absolute atomic E-state index is 0.00436. The molecule has 0 aliphatic rings. The molecule has 0 aliphatic carbocycles. The Morgan fingerprint density at radius 1 is 0.973 bits per heavy atom. The highest BCUT2D eigenvalue weighted by molar-refractivity contribution is 6.02. The number of amides is 2. The van der Waals surface area contributed by atoms with Gasteiger partial charge in [0.2, 0.25) is 11.8 Å². The molecule has 0 spiro atoms. The number of nitrogens with zero attached hydrogens (tertiary/aromatic N) is 2. The van der Waals surface area contributed by atoms with E-state index in [9.17, 15) is 14.4 Å². The lowest BCUT2D eigenvalue weighted by Crippen LogP contribution is -2.25. The molecular weight excluding hydrogens is 470 g/mol. The molecule has 0 saturated carbocycles. The van der Waals surface area contributed by atoms with Crippen LogP contribution in [-0.4, -0.2) is 40.1 Å². The number of ether oxygens (including phenoxy) is 1. The summed E-state index contributed by atoms with van der Waals surface area (Å²) in [4.78, 5) is 41.5. The molecule has 37 heavy (non-hydrogen) atoms. The van der Waals surface area contributed by atoms with Crippen molar-refractivity contribution in [3.05, 3.63) is 107 Å². The highest BCUT2D eigenvalue weighted by Crippen LogP contribution is 2.17. The summed E-state index contributed by atoms with van der Waals surface area (Å²) in [6.45, 7) is 0.131. The zero-order valence-corrected chi connectivity index (χ0v) is 20.1. The van der Waals surface area contributed by atoms with Gasteiger partial charge in [0, 0.05) is 23.9 Å². The van der Waals surface area contributed by atoms with E-state index in [1.165, 1.54) is 19.3 Å². The van der Waals surface area contributed by atoms with E-state index in [0.717, 1.165) is 11.1 Å². The van der Waals surface area contributed by atoms with E-state index in [2.05, 4.69) is 25.8 Å². The summed E-state index contributed by atoms with van der Waals surface area (Å²) in [6, 6.07) is 23.6. The van der Waals surface area contributed by atoms with Crippen molar-refractivity contribution >= 4 is 29.5 Å². The van der Waals surface area contributed by atoms with Crippen LogP contribution < -0.4 is 10.6 Å². The first-order chi connectivity index (χ1) is 18.0. The van der Waals surface area contributed by atoms with Crippen molar-refractivity contribution in [3.8, 4) is 11.4 Å². The predicted molar refractivity (Wildman–Crippen MR) is 139 cm³/mol. The minimum Gasteiger partial charge on any atom is -0.465 e. The molecule has 0 radical (unpaired) electrons. The zero-order chi connectivity index (χ0) is 26.0. The summed E-state index contributed by atoms with van der Waals surface area (Å²) >= 11 is 0. The molecule has 0 unspecified atom stereocenters. The molecule has 0 aliphatic heterocycles. The Morgan fingerprint density at radius 2 is 1.70 bits per heavy atom. The second-order valence-electron chi connectivity index (χ2n) is 8.07. The molecule has 0 bridgehead atoms. The molecule has 4 rings (SSSR count). The molecular formula is C28H25N5O4. The SMILES string of the molecule is COC(=O)c1cc(CNC(=O)Cc2nc(-c3ccccc3)n[nH]2)cc(NC(=O)C=Cc2ccccc2)c1. The Labute approximate surface area is 213 Å². The molecule has 4 aromatic rings. The number of esters is 1. The van der Waals surface area contributed by atoms with Crippen molar-refractivity contribution in [2.24, 2.45) is 0 Å². The number of rotatable bonds is 9. The number of benzene rings is 3. The number of aromatic nitrogens is 3. The molecule has 1 aromatic heterocycles. The summed E-state index contributed by atoms with van der Waals surface area (Å²) < 4.78 is 4.83. The van der Waals surface area contributed by atoms with E-state index in [0.29, 0.717) is 22.9 Å². The monoisotopic (exact) mass is 495 g/mol. The number of nitrogens with one attached hydrogen (secondary N) is 3. The van der Waals surface area contributed by atoms with Crippen molar-refractivity contribution in [1.29, 1.82) is 0 Å². The Balaban J connectivity index is 1.40. The lowest BCUT2D eigenvalue weighted by molar-refractivity contribution is -0.120. The first-order valence-electron chi connectivity index (χ1n) is 11.5. The molecule has 0 saturated heterocycles. The standard InChI is InChI=1S/C28H25N5O4/c1-37-28(36)22-14-20(15-23(16-22)30-25(34)13-12-19-8-4-2-5-9-19)18-29-26(35)17-24-31-27(33-32-24)21-10-6-3-7-11-21/h2-16H,17-18H2,1H3,(H,29,35)(H,30,34)(H,31,32,33). The Morgan fingerprint density at radius 3 is 2.43 bits per heavy atom. The number of H-pyrrole nitrogens is 1. The molecule has 9 nitrogen and oxygen atoms in total. The van der Waals surface area contributed by atoms with Gasteiger partial charge in [-0.3, -0.25) is 14.7 Å². The Bertz CT molecular complexity index is 1420. The second kappa shape index (κ2) is 12.1. The van der Waals surface area contributed by atoms with Gasteiger partial charge >= 0.3 is 5.97 Å². The van der Waals surface area contributed by atoms with E-state index in [4.69, 9.17) is 4.74 Å². The average Bonchev–Trinajstić information content (AvgIpc) is 3.39. The van der Waals surface area contributed by atoms with Crippen LogP contribution >= 0.6 is 0 Å². The van der Waals surface area contributed by atoms with E-state index in [1.807, 2.05) is 60.7 Å². The first kappa shape index (κ1) is 25.1. The lowest BCUT2D eigenvalue weighted by atomic mass is 10.1. The van der Waals surface area contributed by atoms with Gasteiger partial charge < -0.3 is 15.4 Å². The van der Waals surface area contributed by atoms with E-state index in [-0.39, 0.29) is 30.3 Å². The topological polar surface area (TPSA) is 126 Å². The molecule has 186 valence electrons. The summed E-state index contributed by atoms with van der Waals surface area (Å²) in [5.41, 5.74) is 2.99. The molecule has 0 atom stereocenters. The highest BCUT2D eigenvalue weighted by Gasteiger charge is 2.13. The Kier molecular flexibility index (Phi) is 8.18. The predicted octanol–water partition coefficient (Wildman–Crippen LogP) is 3.77. The molecule has 1 heterocycles. The summed E-state index contributed by atoms with van der Waals surface area (Å²) in [6.07, 6.45) is 3.10.